The van der Waals surface area contributed by atoms with Crippen molar-refractivity contribution in [2.45, 2.75) is 32.6 Å². The number of rotatable bonds is 10. The third kappa shape index (κ3) is 6.83. The van der Waals surface area contributed by atoms with E-state index in [-0.39, 0.29) is 12.0 Å². The van der Waals surface area contributed by atoms with Crippen LogP contribution in [0.25, 0.3) is 0 Å². The lowest BCUT2D eigenvalue weighted by Crippen LogP contribution is -2.38. The zero-order chi connectivity index (χ0) is 17.2. The van der Waals surface area contributed by atoms with Crippen LogP contribution in [-0.2, 0) is 11.2 Å². The Morgan fingerprint density at radius 2 is 2.00 bits per heavy atom. The number of guanidine groups is 1. The van der Waals surface area contributed by atoms with E-state index in [1.165, 1.54) is 31.0 Å². The predicted molar refractivity (Wildman–Crippen MR) is 92.2 cm³/mol. The molecule has 1 fully saturated rings. The Balaban J connectivity index is 1.68. The van der Waals surface area contributed by atoms with Gasteiger partial charge in [-0.1, -0.05) is 6.07 Å². The molecule has 0 heterocycles. The van der Waals surface area contributed by atoms with Gasteiger partial charge in [0, 0.05) is 38.4 Å². The summed E-state index contributed by atoms with van der Waals surface area (Å²) in [5.74, 6) is 0.431. The van der Waals surface area contributed by atoms with Crippen molar-refractivity contribution < 1.29 is 13.5 Å². The first kappa shape index (κ1) is 18.6. The Hall–Kier alpha value is -1.69. The molecule has 1 aromatic carbocycles. The minimum atomic E-state index is -0.508. The van der Waals surface area contributed by atoms with Crippen LogP contribution in [0.3, 0.4) is 0 Å². The maximum atomic E-state index is 13.6. The van der Waals surface area contributed by atoms with Crippen molar-refractivity contribution in [3.63, 3.8) is 0 Å². The average molecular weight is 339 g/mol. The molecular formula is C18H27F2N3O. The highest BCUT2D eigenvalue weighted by molar-refractivity contribution is 5.79. The molecule has 0 spiro atoms. The van der Waals surface area contributed by atoms with Gasteiger partial charge in [0.15, 0.2) is 5.96 Å². The highest BCUT2D eigenvalue weighted by Crippen LogP contribution is 2.28. The van der Waals surface area contributed by atoms with E-state index in [0.29, 0.717) is 19.0 Å². The van der Waals surface area contributed by atoms with E-state index in [1.807, 2.05) is 6.92 Å². The molecule has 0 aromatic heterocycles. The van der Waals surface area contributed by atoms with Crippen molar-refractivity contribution in [3.05, 3.63) is 35.4 Å². The van der Waals surface area contributed by atoms with E-state index >= 15 is 0 Å². The van der Waals surface area contributed by atoms with Crippen molar-refractivity contribution in [1.82, 2.24) is 10.6 Å². The first-order chi connectivity index (χ1) is 11.7. The average Bonchev–Trinajstić information content (AvgIpc) is 3.37. The Morgan fingerprint density at radius 3 is 2.67 bits per heavy atom. The third-order valence-electron chi connectivity index (χ3n) is 3.84. The predicted octanol–water partition coefficient (Wildman–Crippen LogP) is 2.88. The van der Waals surface area contributed by atoms with Gasteiger partial charge in [0.1, 0.15) is 11.6 Å². The molecule has 0 unspecified atom stereocenters. The molecule has 4 nitrogen and oxygen atoms in total. The van der Waals surface area contributed by atoms with Gasteiger partial charge >= 0.3 is 0 Å². The maximum Gasteiger partial charge on any atom is 0.191 e. The number of nitrogens with zero attached hydrogens (tertiary/aromatic N) is 1. The molecule has 0 amide bonds. The van der Waals surface area contributed by atoms with Crippen LogP contribution in [0.1, 0.15) is 31.7 Å². The van der Waals surface area contributed by atoms with Gasteiger partial charge in [0.05, 0.1) is 0 Å². The number of halogens is 2. The molecule has 6 heteroatoms. The van der Waals surface area contributed by atoms with Crippen LogP contribution in [-0.4, -0.2) is 38.8 Å². The Labute approximate surface area is 142 Å². The molecule has 1 aromatic rings. The standard InChI is InChI=1S/C18H27F2N3O/c1-2-21-18(22-10-4-12-24-13-14-7-8-14)23-11-9-15-16(19)5-3-6-17(15)20/h3,5-6,14H,2,4,7-13H2,1H3,(H2,21,22,23). The number of hydrogen-bond donors (Lipinski definition) is 2. The van der Waals surface area contributed by atoms with Crippen LogP contribution in [0.2, 0.25) is 0 Å². The summed E-state index contributed by atoms with van der Waals surface area (Å²) in [6, 6.07) is 3.93. The first-order valence-electron chi connectivity index (χ1n) is 8.73. The highest BCUT2D eigenvalue weighted by atomic mass is 19.1. The van der Waals surface area contributed by atoms with Crippen LogP contribution < -0.4 is 10.6 Å². The van der Waals surface area contributed by atoms with Crippen LogP contribution in [0.5, 0.6) is 0 Å². The zero-order valence-corrected chi connectivity index (χ0v) is 14.3. The Bertz CT molecular complexity index is 513. The number of ether oxygens (including phenoxy) is 1. The molecule has 0 radical (unpaired) electrons. The van der Waals surface area contributed by atoms with Gasteiger partial charge in [-0.05, 0) is 50.7 Å². The lowest BCUT2D eigenvalue weighted by atomic mass is 10.1. The molecule has 134 valence electrons. The van der Waals surface area contributed by atoms with Crippen LogP contribution in [0.4, 0.5) is 8.78 Å². The van der Waals surface area contributed by atoms with Gasteiger partial charge in [-0.3, -0.25) is 4.99 Å². The molecule has 2 N–H and O–H groups in total. The van der Waals surface area contributed by atoms with Crippen molar-refractivity contribution >= 4 is 5.96 Å². The van der Waals surface area contributed by atoms with Gasteiger partial charge in [0.25, 0.3) is 0 Å². The second-order valence-electron chi connectivity index (χ2n) is 6.01. The quantitative estimate of drug-likeness (QED) is 0.391. The molecule has 1 aliphatic rings. The summed E-state index contributed by atoms with van der Waals surface area (Å²) in [6.45, 7) is 5.39. The summed E-state index contributed by atoms with van der Waals surface area (Å²) in [4.78, 5) is 4.45. The number of nitrogens with one attached hydrogen (secondary N) is 2. The number of hydrogen-bond acceptors (Lipinski definition) is 2. The fourth-order valence-corrected chi connectivity index (χ4v) is 2.31. The monoisotopic (exact) mass is 339 g/mol. The zero-order valence-electron chi connectivity index (χ0n) is 14.3. The lowest BCUT2D eigenvalue weighted by molar-refractivity contribution is 0.123. The van der Waals surface area contributed by atoms with Gasteiger partial charge in [-0.15, -0.1) is 0 Å². The van der Waals surface area contributed by atoms with E-state index in [9.17, 15) is 8.78 Å². The Morgan fingerprint density at radius 1 is 1.25 bits per heavy atom. The van der Waals surface area contributed by atoms with E-state index in [4.69, 9.17) is 4.74 Å². The topological polar surface area (TPSA) is 45.7 Å². The molecule has 2 rings (SSSR count). The number of benzene rings is 1. The second kappa shape index (κ2) is 10.2. The van der Waals surface area contributed by atoms with Gasteiger partial charge < -0.3 is 15.4 Å². The van der Waals surface area contributed by atoms with E-state index in [0.717, 1.165) is 32.1 Å². The summed E-state index contributed by atoms with van der Waals surface area (Å²) in [6.07, 6.45) is 3.74. The molecule has 0 aliphatic heterocycles. The highest BCUT2D eigenvalue weighted by Gasteiger charge is 2.20. The van der Waals surface area contributed by atoms with Gasteiger partial charge in [-0.25, -0.2) is 8.78 Å². The van der Waals surface area contributed by atoms with Crippen molar-refractivity contribution in [2.24, 2.45) is 10.9 Å². The minimum Gasteiger partial charge on any atom is -0.381 e. The fourth-order valence-electron chi connectivity index (χ4n) is 2.31. The third-order valence-corrected chi connectivity index (χ3v) is 3.84. The molecule has 0 atom stereocenters. The normalized spacial score (nSPS) is 14.7. The molecule has 0 saturated heterocycles. The summed E-state index contributed by atoms with van der Waals surface area (Å²) in [5, 5.41) is 6.24. The molecule has 0 bridgehead atoms. The van der Waals surface area contributed by atoms with Gasteiger partial charge in [0.2, 0.25) is 0 Å². The van der Waals surface area contributed by atoms with E-state index in [1.54, 1.807) is 0 Å². The molecule has 1 saturated carbocycles. The fraction of sp³-hybridized carbons (Fsp3) is 0.611. The second-order valence-corrected chi connectivity index (χ2v) is 6.01. The van der Waals surface area contributed by atoms with Gasteiger partial charge in [-0.2, -0.15) is 0 Å². The summed E-state index contributed by atoms with van der Waals surface area (Å²) in [5.41, 5.74) is 0.106. The van der Waals surface area contributed by atoms with E-state index < -0.39 is 11.6 Å². The Kier molecular flexibility index (Phi) is 7.95. The number of aliphatic imine (C=N–C) groups is 1. The van der Waals surface area contributed by atoms with Crippen molar-refractivity contribution in [2.75, 3.05) is 32.8 Å². The SMILES string of the molecule is CCNC(=NCCCOCC1CC1)NCCc1c(F)cccc1F. The van der Waals surface area contributed by atoms with E-state index in [2.05, 4.69) is 15.6 Å². The smallest absolute Gasteiger partial charge is 0.191 e. The van der Waals surface area contributed by atoms with Crippen molar-refractivity contribution in [1.29, 1.82) is 0 Å². The molecular weight excluding hydrogens is 312 g/mol. The van der Waals surface area contributed by atoms with Crippen LogP contribution >= 0.6 is 0 Å². The minimum absolute atomic E-state index is 0.106. The first-order valence-corrected chi connectivity index (χ1v) is 8.73. The maximum absolute atomic E-state index is 13.6. The van der Waals surface area contributed by atoms with Crippen molar-refractivity contribution in [3.8, 4) is 0 Å². The molecule has 1 aliphatic carbocycles. The summed E-state index contributed by atoms with van der Waals surface area (Å²) < 4.78 is 32.7. The molecule has 24 heavy (non-hydrogen) atoms. The van der Waals surface area contributed by atoms with Crippen LogP contribution in [0.15, 0.2) is 23.2 Å². The summed E-state index contributed by atoms with van der Waals surface area (Å²) in [7, 11) is 0. The largest absolute Gasteiger partial charge is 0.381 e. The lowest BCUT2D eigenvalue weighted by Gasteiger charge is -2.12. The summed E-state index contributed by atoms with van der Waals surface area (Å²) >= 11 is 0. The van der Waals surface area contributed by atoms with Crippen LogP contribution in [0, 0.1) is 17.6 Å².